The Morgan fingerprint density at radius 1 is 1.18 bits per heavy atom. The topological polar surface area (TPSA) is 20.2 Å². The van der Waals surface area contributed by atoms with Crippen molar-refractivity contribution in [2.24, 2.45) is 0 Å². The van der Waals surface area contributed by atoms with Crippen LogP contribution in [0.1, 0.15) is 44.7 Å². The molecule has 0 aliphatic heterocycles. The summed E-state index contributed by atoms with van der Waals surface area (Å²) in [6, 6.07) is 3.87. The number of rotatable bonds is 3. The van der Waals surface area contributed by atoms with Crippen molar-refractivity contribution in [2.45, 2.75) is 45.1 Å². The lowest BCUT2D eigenvalue weighted by molar-refractivity contribution is -0.170. The molecule has 0 saturated carbocycles. The van der Waals surface area contributed by atoms with E-state index in [1.165, 1.54) is 12.1 Å². The highest BCUT2D eigenvalue weighted by atomic mass is 19.3. The molecule has 1 aromatic carbocycles. The fraction of sp³-hybridized carbons (Fsp3) is 0.538. The Morgan fingerprint density at radius 3 is 2.12 bits per heavy atom. The first kappa shape index (κ1) is 14.0. The zero-order chi connectivity index (χ0) is 13.4. The molecule has 0 amide bonds. The van der Waals surface area contributed by atoms with Gasteiger partial charge in [0.25, 0.3) is 0 Å². The van der Waals surface area contributed by atoms with Gasteiger partial charge in [0.15, 0.2) is 0 Å². The molecule has 17 heavy (non-hydrogen) atoms. The van der Waals surface area contributed by atoms with E-state index >= 15 is 0 Å². The summed E-state index contributed by atoms with van der Waals surface area (Å²) in [5.74, 6) is -4.75. The maximum Gasteiger partial charge on any atom is 0.303 e. The van der Waals surface area contributed by atoms with E-state index in [9.17, 15) is 18.3 Å². The van der Waals surface area contributed by atoms with Crippen LogP contribution in [0.5, 0.6) is 0 Å². The molecule has 1 N–H and O–H groups in total. The molecule has 96 valence electrons. The molecular weight excluding hydrogens is 229 g/mol. The van der Waals surface area contributed by atoms with Crippen LogP contribution in [0.3, 0.4) is 0 Å². The average molecular weight is 246 g/mol. The number of alkyl halides is 2. The van der Waals surface area contributed by atoms with Crippen LogP contribution in [0, 0.1) is 5.82 Å². The van der Waals surface area contributed by atoms with Gasteiger partial charge in [0.2, 0.25) is 0 Å². The highest BCUT2D eigenvalue weighted by Crippen LogP contribution is 2.41. The summed E-state index contributed by atoms with van der Waals surface area (Å²) in [6.07, 6.45) is 0. The van der Waals surface area contributed by atoms with Crippen LogP contribution in [-0.4, -0.2) is 10.7 Å². The molecule has 0 radical (unpaired) electrons. The van der Waals surface area contributed by atoms with Gasteiger partial charge in [-0.1, -0.05) is 26.0 Å². The first-order chi connectivity index (χ1) is 7.59. The van der Waals surface area contributed by atoms with Gasteiger partial charge in [-0.2, -0.15) is 8.78 Å². The molecule has 0 atom stereocenters. The Labute approximate surface area is 99.3 Å². The van der Waals surface area contributed by atoms with Crippen molar-refractivity contribution in [3.63, 3.8) is 0 Å². The van der Waals surface area contributed by atoms with E-state index in [-0.39, 0.29) is 11.5 Å². The van der Waals surface area contributed by atoms with E-state index in [1.807, 2.05) is 0 Å². The highest BCUT2D eigenvalue weighted by Gasteiger charge is 2.49. The van der Waals surface area contributed by atoms with E-state index in [1.54, 1.807) is 13.8 Å². The van der Waals surface area contributed by atoms with Gasteiger partial charge in [-0.25, -0.2) is 4.39 Å². The molecule has 0 fully saturated rings. The second-order valence-corrected chi connectivity index (χ2v) is 5.00. The van der Waals surface area contributed by atoms with Gasteiger partial charge in [-0.05, 0) is 31.4 Å². The van der Waals surface area contributed by atoms with Crippen LogP contribution in [0.15, 0.2) is 18.2 Å². The van der Waals surface area contributed by atoms with Crippen LogP contribution in [-0.2, 0) is 5.92 Å². The van der Waals surface area contributed by atoms with Gasteiger partial charge in [0.05, 0.1) is 5.56 Å². The number of hydrogen-bond acceptors (Lipinski definition) is 1. The summed E-state index contributed by atoms with van der Waals surface area (Å²) in [5, 5.41) is 9.44. The highest BCUT2D eigenvalue weighted by molar-refractivity contribution is 5.32. The number of halogens is 3. The van der Waals surface area contributed by atoms with Crippen molar-refractivity contribution in [3.05, 3.63) is 35.1 Å². The first-order valence-electron chi connectivity index (χ1n) is 5.48. The molecular formula is C13H17F3O. The third-order valence-corrected chi connectivity index (χ3v) is 2.76. The van der Waals surface area contributed by atoms with Crippen LogP contribution < -0.4 is 0 Å². The lowest BCUT2D eigenvalue weighted by Crippen LogP contribution is -2.41. The second-order valence-electron chi connectivity index (χ2n) is 5.00. The minimum Gasteiger partial charge on any atom is -0.384 e. The molecule has 0 bridgehead atoms. The first-order valence-corrected chi connectivity index (χ1v) is 5.48. The van der Waals surface area contributed by atoms with E-state index in [4.69, 9.17) is 0 Å². The lowest BCUT2D eigenvalue weighted by atomic mass is 9.90. The van der Waals surface area contributed by atoms with Crippen molar-refractivity contribution in [3.8, 4) is 0 Å². The second kappa shape index (κ2) is 4.33. The predicted molar refractivity (Wildman–Crippen MR) is 60.7 cm³/mol. The van der Waals surface area contributed by atoms with Gasteiger partial charge in [-0.3, -0.25) is 0 Å². The monoisotopic (exact) mass is 246 g/mol. The Kier molecular flexibility index (Phi) is 3.58. The molecule has 0 unspecified atom stereocenters. The van der Waals surface area contributed by atoms with Crippen molar-refractivity contribution in [2.75, 3.05) is 0 Å². The van der Waals surface area contributed by atoms with Gasteiger partial charge in [0.1, 0.15) is 11.4 Å². The SMILES string of the molecule is CC(C)c1cccc(C(F)(F)C(C)(C)O)c1F. The lowest BCUT2D eigenvalue weighted by Gasteiger charge is -2.30. The number of aliphatic hydroxyl groups is 1. The molecule has 0 spiro atoms. The standard InChI is InChI=1S/C13H17F3O/c1-8(2)9-6-5-7-10(11(9)14)13(15,16)12(3,4)17/h5-8,17H,1-4H3. The average Bonchev–Trinajstić information content (AvgIpc) is 2.15. The van der Waals surface area contributed by atoms with Crippen LogP contribution in [0.2, 0.25) is 0 Å². The van der Waals surface area contributed by atoms with Crippen molar-refractivity contribution in [1.29, 1.82) is 0 Å². The fourth-order valence-corrected chi connectivity index (χ4v) is 1.57. The zero-order valence-electron chi connectivity index (χ0n) is 10.4. The Balaban J connectivity index is 3.38. The predicted octanol–water partition coefficient (Wildman–Crippen LogP) is 3.81. The minimum atomic E-state index is -3.62. The Bertz CT molecular complexity index is 406. The zero-order valence-corrected chi connectivity index (χ0v) is 10.4. The van der Waals surface area contributed by atoms with E-state index in [0.717, 1.165) is 19.9 Å². The van der Waals surface area contributed by atoms with Crippen LogP contribution in [0.25, 0.3) is 0 Å². The third-order valence-electron chi connectivity index (χ3n) is 2.76. The molecule has 0 heterocycles. The molecule has 1 aromatic rings. The number of hydrogen-bond donors (Lipinski definition) is 1. The van der Waals surface area contributed by atoms with Crippen molar-refractivity contribution < 1.29 is 18.3 Å². The quantitative estimate of drug-likeness (QED) is 0.859. The largest absolute Gasteiger partial charge is 0.384 e. The van der Waals surface area contributed by atoms with E-state index in [0.29, 0.717) is 0 Å². The van der Waals surface area contributed by atoms with Gasteiger partial charge < -0.3 is 5.11 Å². The third kappa shape index (κ3) is 2.46. The summed E-state index contributed by atoms with van der Waals surface area (Å²) in [5.41, 5.74) is -2.83. The van der Waals surface area contributed by atoms with Crippen molar-refractivity contribution in [1.82, 2.24) is 0 Å². The Hall–Kier alpha value is -1.03. The van der Waals surface area contributed by atoms with E-state index < -0.39 is 22.9 Å². The molecule has 1 nitrogen and oxygen atoms in total. The van der Waals surface area contributed by atoms with Crippen LogP contribution in [0.4, 0.5) is 13.2 Å². The molecule has 1 rings (SSSR count). The van der Waals surface area contributed by atoms with E-state index in [2.05, 4.69) is 0 Å². The molecule has 0 aliphatic carbocycles. The van der Waals surface area contributed by atoms with Crippen LogP contribution >= 0.6 is 0 Å². The maximum absolute atomic E-state index is 14.0. The van der Waals surface area contributed by atoms with Gasteiger partial charge in [-0.15, -0.1) is 0 Å². The summed E-state index contributed by atoms with van der Waals surface area (Å²) in [6.45, 7) is 5.39. The molecule has 0 saturated heterocycles. The summed E-state index contributed by atoms with van der Waals surface area (Å²) >= 11 is 0. The Morgan fingerprint density at radius 2 is 1.71 bits per heavy atom. The summed E-state index contributed by atoms with van der Waals surface area (Å²) in [4.78, 5) is 0. The van der Waals surface area contributed by atoms with Gasteiger partial charge in [0, 0.05) is 0 Å². The normalized spacial score (nSPS) is 13.2. The summed E-state index contributed by atoms with van der Waals surface area (Å²) < 4.78 is 41.7. The smallest absolute Gasteiger partial charge is 0.303 e. The van der Waals surface area contributed by atoms with Crippen molar-refractivity contribution >= 4 is 0 Å². The molecule has 0 aliphatic rings. The minimum absolute atomic E-state index is 0.187. The molecule has 0 aromatic heterocycles. The fourth-order valence-electron chi connectivity index (χ4n) is 1.57. The van der Waals surface area contributed by atoms with Gasteiger partial charge >= 0.3 is 5.92 Å². The maximum atomic E-state index is 14.0. The number of benzene rings is 1. The molecule has 4 heteroatoms. The summed E-state index contributed by atoms with van der Waals surface area (Å²) in [7, 11) is 0.